The van der Waals surface area contributed by atoms with Gasteiger partial charge in [0.05, 0.1) is 11.5 Å². The average molecular weight is 280 g/mol. The lowest BCUT2D eigenvalue weighted by molar-refractivity contribution is 0.446. The van der Waals surface area contributed by atoms with Crippen molar-refractivity contribution >= 4 is 9.84 Å². The number of hydrogen-bond donors (Lipinski definition) is 0. The van der Waals surface area contributed by atoms with Gasteiger partial charge >= 0.3 is 0 Å². The maximum atomic E-state index is 11.5. The van der Waals surface area contributed by atoms with Crippen LogP contribution in [0.1, 0.15) is 24.6 Å². The van der Waals surface area contributed by atoms with Gasteiger partial charge in [-0.25, -0.2) is 13.4 Å². The van der Waals surface area contributed by atoms with Gasteiger partial charge in [-0.05, 0) is 31.9 Å². The van der Waals surface area contributed by atoms with Crippen molar-refractivity contribution in [1.29, 1.82) is 0 Å². The van der Waals surface area contributed by atoms with Crippen molar-refractivity contribution in [2.24, 2.45) is 0 Å². The van der Waals surface area contributed by atoms with Crippen LogP contribution in [0.2, 0.25) is 0 Å². The maximum absolute atomic E-state index is 11.5. The van der Waals surface area contributed by atoms with E-state index in [1.54, 1.807) is 6.20 Å². The van der Waals surface area contributed by atoms with Crippen molar-refractivity contribution < 1.29 is 12.8 Å². The van der Waals surface area contributed by atoms with Gasteiger partial charge in [0, 0.05) is 18.4 Å². The molecule has 5 nitrogen and oxygen atoms in total. The second-order valence-electron chi connectivity index (χ2n) is 4.95. The Hall–Kier alpha value is -1.56. The van der Waals surface area contributed by atoms with Gasteiger partial charge in [-0.2, -0.15) is 0 Å². The van der Waals surface area contributed by atoms with Crippen molar-refractivity contribution in [3.8, 4) is 11.6 Å². The van der Waals surface area contributed by atoms with Crippen LogP contribution in [0.25, 0.3) is 11.6 Å². The van der Waals surface area contributed by atoms with Gasteiger partial charge in [0.25, 0.3) is 0 Å². The van der Waals surface area contributed by atoms with Crippen LogP contribution < -0.4 is 0 Å². The molecule has 0 spiro atoms. The van der Waals surface area contributed by atoms with Crippen molar-refractivity contribution in [2.45, 2.75) is 25.8 Å². The molecule has 1 saturated heterocycles. The molecule has 0 amide bonds. The fourth-order valence-corrected chi connectivity index (χ4v) is 3.98. The molecule has 19 heavy (non-hydrogen) atoms. The Balaban J connectivity index is 1.89. The van der Waals surface area contributed by atoms with Crippen LogP contribution in [-0.4, -0.2) is 29.5 Å². The minimum atomic E-state index is -2.84. The van der Waals surface area contributed by atoms with E-state index in [0.29, 0.717) is 12.8 Å². The number of sulfone groups is 1. The van der Waals surface area contributed by atoms with Crippen LogP contribution in [0.15, 0.2) is 28.9 Å². The topological polar surface area (TPSA) is 65.1 Å². The lowest BCUT2D eigenvalue weighted by Crippen LogP contribution is -2.25. The number of rotatable bonds is 2. The minimum Gasteiger partial charge on any atom is -0.458 e. The first kappa shape index (κ1) is 12.5. The summed E-state index contributed by atoms with van der Waals surface area (Å²) in [6, 6.07) is 3.99. The second kappa shape index (κ2) is 4.52. The van der Waals surface area contributed by atoms with Gasteiger partial charge in [0.15, 0.2) is 11.6 Å². The Morgan fingerprint density at radius 1 is 1.32 bits per heavy atom. The molecule has 1 fully saturated rings. The smallest absolute Gasteiger partial charge is 0.176 e. The molecule has 0 aliphatic carbocycles. The highest BCUT2D eigenvalue weighted by Gasteiger charge is 2.26. The summed E-state index contributed by atoms with van der Waals surface area (Å²) in [4.78, 5) is 4.33. The third-order valence-electron chi connectivity index (χ3n) is 3.55. The Morgan fingerprint density at radius 3 is 2.68 bits per heavy atom. The lowest BCUT2D eigenvalue weighted by Gasteiger charge is -2.24. The van der Waals surface area contributed by atoms with E-state index in [9.17, 15) is 8.42 Å². The number of furan rings is 1. The van der Waals surface area contributed by atoms with Crippen molar-refractivity contribution in [2.75, 3.05) is 11.5 Å². The zero-order valence-electron chi connectivity index (χ0n) is 10.7. The molecule has 6 heteroatoms. The van der Waals surface area contributed by atoms with Gasteiger partial charge in [-0.15, -0.1) is 0 Å². The van der Waals surface area contributed by atoms with E-state index < -0.39 is 9.84 Å². The molecule has 1 aliphatic rings. The number of imidazole rings is 1. The summed E-state index contributed by atoms with van der Waals surface area (Å²) in [5, 5.41) is 0. The quantitative estimate of drug-likeness (QED) is 0.846. The molecule has 2 aromatic heterocycles. The van der Waals surface area contributed by atoms with Crippen LogP contribution in [0.5, 0.6) is 0 Å². The zero-order valence-corrected chi connectivity index (χ0v) is 11.6. The van der Waals surface area contributed by atoms with Gasteiger partial charge in [0.1, 0.15) is 15.6 Å². The Morgan fingerprint density at radius 2 is 2.05 bits per heavy atom. The van der Waals surface area contributed by atoms with Crippen LogP contribution >= 0.6 is 0 Å². The van der Waals surface area contributed by atoms with Gasteiger partial charge in [0.2, 0.25) is 0 Å². The highest BCUT2D eigenvalue weighted by atomic mass is 32.2. The van der Waals surface area contributed by atoms with Crippen molar-refractivity contribution in [3.63, 3.8) is 0 Å². The van der Waals surface area contributed by atoms with E-state index in [4.69, 9.17) is 4.42 Å². The van der Waals surface area contributed by atoms with E-state index in [1.165, 1.54) is 0 Å². The number of aromatic nitrogens is 2. The minimum absolute atomic E-state index is 0.187. The van der Waals surface area contributed by atoms with E-state index in [1.807, 2.05) is 29.8 Å². The fourth-order valence-electron chi connectivity index (χ4n) is 2.51. The molecule has 1 aliphatic heterocycles. The molecule has 3 rings (SSSR count). The zero-order chi connectivity index (χ0) is 13.5. The molecule has 0 N–H and O–H groups in total. The number of hydrogen-bond acceptors (Lipinski definition) is 4. The highest BCUT2D eigenvalue weighted by Crippen LogP contribution is 2.29. The predicted molar refractivity (Wildman–Crippen MR) is 71.6 cm³/mol. The van der Waals surface area contributed by atoms with Gasteiger partial charge in [-0.3, -0.25) is 0 Å². The molecule has 0 radical (unpaired) electrons. The molecular formula is C13H16N2O3S. The lowest BCUT2D eigenvalue weighted by atomic mass is 10.1. The van der Waals surface area contributed by atoms with Crippen LogP contribution in [0.3, 0.4) is 0 Å². The van der Waals surface area contributed by atoms with Crippen LogP contribution in [0.4, 0.5) is 0 Å². The molecular weight excluding hydrogens is 264 g/mol. The first-order chi connectivity index (χ1) is 9.05. The highest BCUT2D eigenvalue weighted by molar-refractivity contribution is 7.91. The van der Waals surface area contributed by atoms with E-state index in [2.05, 4.69) is 4.98 Å². The molecule has 0 atom stereocenters. The maximum Gasteiger partial charge on any atom is 0.176 e. The molecule has 0 unspecified atom stereocenters. The van der Waals surface area contributed by atoms with E-state index >= 15 is 0 Å². The first-order valence-corrected chi connectivity index (χ1v) is 8.17. The molecule has 0 aromatic carbocycles. The summed E-state index contributed by atoms with van der Waals surface area (Å²) >= 11 is 0. The van der Waals surface area contributed by atoms with E-state index in [-0.39, 0.29) is 17.5 Å². The summed E-state index contributed by atoms with van der Waals surface area (Å²) in [6.07, 6.45) is 4.92. The van der Waals surface area contributed by atoms with Crippen LogP contribution in [0, 0.1) is 6.92 Å². The summed E-state index contributed by atoms with van der Waals surface area (Å²) in [5.41, 5.74) is 0. The molecule has 2 aromatic rings. The van der Waals surface area contributed by atoms with Crippen molar-refractivity contribution in [3.05, 3.63) is 30.3 Å². The molecule has 102 valence electrons. The molecule has 3 heterocycles. The number of nitrogens with zero attached hydrogens (tertiary/aromatic N) is 2. The third kappa shape index (κ3) is 2.45. The summed E-state index contributed by atoms with van der Waals surface area (Å²) in [6.45, 7) is 1.89. The molecule has 0 saturated carbocycles. The summed E-state index contributed by atoms with van der Waals surface area (Å²) in [7, 11) is -2.84. The van der Waals surface area contributed by atoms with Gasteiger partial charge in [-0.1, -0.05) is 0 Å². The average Bonchev–Trinajstić information content (AvgIpc) is 2.97. The van der Waals surface area contributed by atoms with Gasteiger partial charge < -0.3 is 8.98 Å². The van der Waals surface area contributed by atoms with Crippen molar-refractivity contribution in [1.82, 2.24) is 9.55 Å². The SMILES string of the molecule is Cc1ccc(-c2nccn2C2CCS(=O)(=O)CC2)o1. The first-order valence-electron chi connectivity index (χ1n) is 6.35. The predicted octanol–water partition coefficient (Wildman–Crippen LogP) is 2.20. The molecule has 0 bridgehead atoms. The Kier molecular flexibility index (Phi) is 2.97. The monoisotopic (exact) mass is 280 g/mol. The van der Waals surface area contributed by atoms with E-state index in [0.717, 1.165) is 17.3 Å². The summed E-state index contributed by atoms with van der Waals surface area (Å²) in [5.74, 6) is 2.86. The Labute approximate surface area is 112 Å². The normalized spacial score (nSPS) is 19.6. The van der Waals surface area contributed by atoms with Crippen LogP contribution in [-0.2, 0) is 9.84 Å². The Bertz CT molecular complexity index is 670. The second-order valence-corrected chi connectivity index (χ2v) is 7.26. The third-order valence-corrected chi connectivity index (χ3v) is 5.26. The standard InChI is InChI=1S/C13H16N2O3S/c1-10-2-3-12(18-10)13-14-6-7-15(13)11-4-8-19(16,17)9-5-11/h2-3,6-7,11H,4-5,8-9H2,1H3. The number of aryl methyl sites for hydroxylation is 1. The fraction of sp³-hybridized carbons (Fsp3) is 0.462. The largest absolute Gasteiger partial charge is 0.458 e. The summed E-state index contributed by atoms with van der Waals surface area (Å²) < 4.78 is 30.6.